The molecular formula is C16H16BrFN2O2. The summed E-state index contributed by atoms with van der Waals surface area (Å²) in [6.07, 6.45) is 3.02. The Labute approximate surface area is 136 Å². The third-order valence-electron chi connectivity index (χ3n) is 3.03. The van der Waals surface area contributed by atoms with Crippen LogP contribution in [0, 0.1) is 5.82 Å². The van der Waals surface area contributed by atoms with Crippen LogP contribution in [-0.4, -0.2) is 23.3 Å². The van der Waals surface area contributed by atoms with Crippen molar-refractivity contribution < 1.29 is 13.9 Å². The molecule has 0 aliphatic carbocycles. The van der Waals surface area contributed by atoms with Gasteiger partial charge in [-0.15, -0.1) is 0 Å². The number of nitrogens with zero attached hydrogens (tertiary/aromatic N) is 1. The molecule has 22 heavy (non-hydrogen) atoms. The van der Waals surface area contributed by atoms with E-state index in [1.165, 1.54) is 25.4 Å². The van der Waals surface area contributed by atoms with E-state index in [-0.39, 0.29) is 17.4 Å². The van der Waals surface area contributed by atoms with E-state index in [1.54, 1.807) is 18.2 Å². The normalized spacial score (nSPS) is 10.3. The third-order valence-corrected chi connectivity index (χ3v) is 3.59. The molecule has 0 spiro atoms. The first-order valence-corrected chi connectivity index (χ1v) is 7.96. The number of nitrogens with one attached hydrogen (secondary N) is 1. The predicted octanol–water partition coefficient (Wildman–Crippen LogP) is 3.70. The Kier molecular flexibility index (Phi) is 5.89. The second-order valence-electron chi connectivity index (χ2n) is 4.60. The van der Waals surface area contributed by atoms with Crippen molar-refractivity contribution in [2.45, 2.75) is 12.8 Å². The third kappa shape index (κ3) is 4.27. The van der Waals surface area contributed by atoms with Crippen LogP contribution < -0.4 is 10.1 Å². The lowest BCUT2D eigenvalue weighted by Gasteiger charge is -2.09. The van der Waals surface area contributed by atoms with E-state index in [0.717, 1.165) is 11.8 Å². The fourth-order valence-electron chi connectivity index (χ4n) is 1.91. The first-order valence-electron chi connectivity index (χ1n) is 6.84. The Morgan fingerprint density at radius 1 is 1.32 bits per heavy atom. The van der Waals surface area contributed by atoms with Crippen molar-refractivity contribution in [3.05, 3.63) is 53.6 Å². The van der Waals surface area contributed by atoms with Crippen molar-refractivity contribution in [3.8, 4) is 11.5 Å². The maximum Gasteiger partial charge on any atom is 0.269 e. The molecule has 0 atom stereocenters. The molecule has 4 nitrogen and oxygen atoms in total. The highest BCUT2D eigenvalue weighted by Gasteiger charge is 2.08. The summed E-state index contributed by atoms with van der Waals surface area (Å²) in [6.45, 7) is 0. The van der Waals surface area contributed by atoms with Crippen LogP contribution in [0.2, 0.25) is 0 Å². The van der Waals surface area contributed by atoms with Crippen molar-refractivity contribution in [1.82, 2.24) is 10.3 Å². The van der Waals surface area contributed by atoms with Gasteiger partial charge >= 0.3 is 0 Å². The van der Waals surface area contributed by atoms with E-state index in [2.05, 4.69) is 26.2 Å². The summed E-state index contributed by atoms with van der Waals surface area (Å²) in [6, 6.07) is 7.91. The molecule has 0 aliphatic rings. The lowest BCUT2D eigenvalue weighted by molar-refractivity contribution is 0.0958. The molecule has 0 aliphatic heterocycles. The van der Waals surface area contributed by atoms with Gasteiger partial charge in [0.15, 0.2) is 0 Å². The van der Waals surface area contributed by atoms with E-state index in [0.29, 0.717) is 23.5 Å². The Bertz CT molecular complexity index is 664. The van der Waals surface area contributed by atoms with Crippen molar-refractivity contribution in [2.24, 2.45) is 0 Å². The van der Waals surface area contributed by atoms with Crippen LogP contribution in [0.3, 0.4) is 0 Å². The average molecular weight is 367 g/mol. The van der Waals surface area contributed by atoms with Crippen LogP contribution in [-0.2, 0) is 6.42 Å². The quantitative estimate of drug-likeness (QED) is 0.793. The molecule has 1 aromatic carbocycles. The number of carbonyl (C=O) groups is 1. The Balaban J connectivity index is 2.14. The van der Waals surface area contributed by atoms with E-state index >= 15 is 0 Å². The molecule has 1 amide bonds. The lowest BCUT2D eigenvalue weighted by Crippen LogP contribution is -2.18. The summed E-state index contributed by atoms with van der Waals surface area (Å²) in [5, 5.41) is 3.32. The highest BCUT2D eigenvalue weighted by molar-refractivity contribution is 9.09. The number of pyridine rings is 1. The van der Waals surface area contributed by atoms with Gasteiger partial charge in [-0.2, -0.15) is 0 Å². The van der Waals surface area contributed by atoms with E-state index in [1.807, 2.05) is 0 Å². The molecule has 0 bridgehead atoms. The zero-order chi connectivity index (χ0) is 15.9. The molecule has 0 unspecified atom stereocenters. The Morgan fingerprint density at radius 2 is 2.09 bits per heavy atom. The molecule has 1 N–H and O–H groups in total. The van der Waals surface area contributed by atoms with Crippen LogP contribution in [0.5, 0.6) is 11.5 Å². The SMILES string of the molecule is CNC(=O)c1cc(Oc2ccc(CCCBr)c(F)c2)ccn1. The van der Waals surface area contributed by atoms with Crippen LogP contribution in [0.1, 0.15) is 22.5 Å². The zero-order valence-electron chi connectivity index (χ0n) is 12.1. The summed E-state index contributed by atoms with van der Waals surface area (Å²) < 4.78 is 19.6. The number of amides is 1. The standard InChI is InChI=1S/C16H16BrFN2O2/c1-19-16(21)15-10-13(6-8-20-15)22-12-5-4-11(3-2-7-17)14(18)9-12/h4-6,8-10H,2-3,7H2,1H3,(H,19,21). The van der Waals surface area contributed by atoms with Crippen LogP contribution >= 0.6 is 15.9 Å². The number of aryl methyl sites for hydroxylation is 1. The molecule has 2 rings (SSSR count). The number of benzene rings is 1. The summed E-state index contributed by atoms with van der Waals surface area (Å²) in [7, 11) is 1.53. The number of hydrogen-bond donors (Lipinski definition) is 1. The second-order valence-corrected chi connectivity index (χ2v) is 5.40. The van der Waals surface area contributed by atoms with Crippen molar-refractivity contribution in [1.29, 1.82) is 0 Å². The number of alkyl halides is 1. The molecule has 0 saturated heterocycles. The smallest absolute Gasteiger partial charge is 0.269 e. The second kappa shape index (κ2) is 7.89. The molecule has 0 radical (unpaired) electrons. The summed E-state index contributed by atoms with van der Waals surface area (Å²) in [4.78, 5) is 15.5. The Morgan fingerprint density at radius 3 is 2.77 bits per heavy atom. The zero-order valence-corrected chi connectivity index (χ0v) is 13.7. The first-order chi connectivity index (χ1) is 10.6. The summed E-state index contributed by atoms with van der Waals surface area (Å²) in [5.41, 5.74) is 0.905. The Hall–Kier alpha value is -1.95. The number of rotatable bonds is 6. The minimum atomic E-state index is -0.304. The summed E-state index contributed by atoms with van der Waals surface area (Å²) in [5.74, 6) is 0.219. The summed E-state index contributed by atoms with van der Waals surface area (Å²) >= 11 is 3.33. The van der Waals surface area contributed by atoms with E-state index in [4.69, 9.17) is 4.74 Å². The van der Waals surface area contributed by atoms with Gasteiger partial charge in [-0.25, -0.2) is 4.39 Å². The molecule has 1 heterocycles. The van der Waals surface area contributed by atoms with Crippen molar-refractivity contribution >= 4 is 21.8 Å². The number of ether oxygens (including phenoxy) is 1. The largest absolute Gasteiger partial charge is 0.457 e. The molecule has 0 fully saturated rings. The lowest BCUT2D eigenvalue weighted by atomic mass is 10.1. The van der Waals surface area contributed by atoms with Crippen molar-refractivity contribution in [3.63, 3.8) is 0 Å². The topological polar surface area (TPSA) is 51.2 Å². The number of aromatic nitrogens is 1. The number of hydrogen-bond acceptors (Lipinski definition) is 3. The molecule has 116 valence electrons. The van der Waals surface area contributed by atoms with Crippen LogP contribution in [0.4, 0.5) is 4.39 Å². The highest BCUT2D eigenvalue weighted by Crippen LogP contribution is 2.24. The monoisotopic (exact) mass is 366 g/mol. The van der Waals surface area contributed by atoms with Gasteiger partial charge in [0.05, 0.1) is 0 Å². The fraction of sp³-hybridized carbons (Fsp3) is 0.250. The van der Waals surface area contributed by atoms with Gasteiger partial charge in [0.1, 0.15) is 23.0 Å². The van der Waals surface area contributed by atoms with E-state index < -0.39 is 0 Å². The molecule has 2 aromatic rings. The molecular weight excluding hydrogens is 351 g/mol. The maximum atomic E-state index is 14.0. The minimum Gasteiger partial charge on any atom is -0.457 e. The number of halogens is 2. The van der Waals surface area contributed by atoms with Crippen LogP contribution in [0.25, 0.3) is 0 Å². The van der Waals surface area contributed by atoms with E-state index in [9.17, 15) is 9.18 Å². The molecule has 6 heteroatoms. The van der Waals surface area contributed by atoms with Gasteiger partial charge in [-0.1, -0.05) is 22.0 Å². The van der Waals surface area contributed by atoms with Crippen molar-refractivity contribution in [2.75, 3.05) is 12.4 Å². The van der Waals surface area contributed by atoms with Gasteiger partial charge in [-0.05, 0) is 30.5 Å². The van der Waals surface area contributed by atoms with Gasteiger partial charge in [0.2, 0.25) is 0 Å². The number of carbonyl (C=O) groups excluding carboxylic acids is 1. The highest BCUT2D eigenvalue weighted by atomic mass is 79.9. The van der Waals surface area contributed by atoms with Gasteiger partial charge < -0.3 is 10.1 Å². The molecule has 1 aromatic heterocycles. The predicted molar refractivity (Wildman–Crippen MR) is 86.2 cm³/mol. The average Bonchev–Trinajstić information content (AvgIpc) is 2.53. The maximum absolute atomic E-state index is 14.0. The minimum absolute atomic E-state index is 0.245. The molecule has 0 saturated carbocycles. The first kappa shape index (κ1) is 16.4. The van der Waals surface area contributed by atoms with Gasteiger partial charge in [0, 0.05) is 30.7 Å². The fourth-order valence-corrected chi connectivity index (χ4v) is 2.19. The van der Waals surface area contributed by atoms with Gasteiger partial charge in [-0.3, -0.25) is 9.78 Å². The van der Waals surface area contributed by atoms with Crippen LogP contribution in [0.15, 0.2) is 36.5 Å². The van der Waals surface area contributed by atoms with Gasteiger partial charge in [0.25, 0.3) is 5.91 Å².